The van der Waals surface area contributed by atoms with Crippen molar-refractivity contribution >= 4 is 28.9 Å². The number of nitrogens with zero attached hydrogens (tertiary/aromatic N) is 1. The Morgan fingerprint density at radius 3 is 2.28 bits per heavy atom. The summed E-state index contributed by atoms with van der Waals surface area (Å²) in [7, 11) is 3.81. The molecule has 0 fully saturated rings. The van der Waals surface area contributed by atoms with E-state index in [0.29, 0.717) is 10.0 Å². The molecule has 0 aromatic heterocycles. The highest BCUT2D eigenvalue weighted by Gasteiger charge is 2.11. The molecule has 18 heavy (non-hydrogen) atoms. The molecule has 0 saturated carbocycles. The van der Waals surface area contributed by atoms with Crippen molar-refractivity contribution in [1.82, 2.24) is 0 Å². The van der Waals surface area contributed by atoms with E-state index in [9.17, 15) is 4.39 Å². The van der Waals surface area contributed by atoms with Crippen molar-refractivity contribution in [3.8, 4) is 11.1 Å². The Morgan fingerprint density at radius 1 is 0.944 bits per heavy atom. The summed E-state index contributed by atoms with van der Waals surface area (Å²) in [6, 6.07) is 9.84. The largest absolute Gasteiger partial charge is 0.377 e. The molecule has 0 aliphatic rings. The van der Waals surface area contributed by atoms with Crippen LogP contribution in [0.3, 0.4) is 0 Å². The number of benzene rings is 2. The van der Waals surface area contributed by atoms with Crippen LogP contribution in [0.15, 0.2) is 36.4 Å². The predicted octanol–water partition coefficient (Wildman–Crippen LogP) is 4.87. The van der Waals surface area contributed by atoms with Gasteiger partial charge in [0.15, 0.2) is 0 Å². The molecule has 2 aromatic carbocycles. The van der Waals surface area contributed by atoms with Crippen LogP contribution in [0, 0.1) is 5.82 Å². The molecule has 0 heterocycles. The maximum absolute atomic E-state index is 13.4. The summed E-state index contributed by atoms with van der Waals surface area (Å²) in [5.74, 6) is -0.290. The van der Waals surface area contributed by atoms with Crippen molar-refractivity contribution < 1.29 is 4.39 Å². The number of halogens is 3. The molecule has 2 aromatic rings. The Balaban J connectivity index is 2.65. The lowest BCUT2D eigenvalue weighted by molar-refractivity contribution is 0.628. The molecular formula is C14H12Cl2FN. The maximum atomic E-state index is 13.4. The first-order chi connectivity index (χ1) is 8.49. The van der Waals surface area contributed by atoms with Crippen molar-refractivity contribution in [3.05, 3.63) is 52.3 Å². The zero-order valence-electron chi connectivity index (χ0n) is 10.0. The molecule has 0 saturated heterocycles. The highest BCUT2D eigenvalue weighted by atomic mass is 35.5. The predicted molar refractivity (Wildman–Crippen MR) is 76.2 cm³/mol. The number of hydrogen-bond donors (Lipinski definition) is 0. The van der Waals surface area contributed by atoms with Crippen molar-refractivity contribution in [2.75, 3.05) is 19.0 Å². The number of rotatable bonds is 2. The monoisotopic (exact) mass is 283 g/mol. The average Bonchev–Trinajstić information content (AvgIpc) is 2.28. The summed E-state index contributed by atoms with van der Waals surface area (Å²) in [5, 5.41) is 1.07. The van der Waals surface area contributed by atoms with Crippen molar-refractivity contribution in [2.45, 2.75) is 0 Å². The van der Waals surface area contributed by atoms with Crippen molar-refractivity contribution in [3.63, 3.8) is 0 Å². The molecule has 4 heteroatoms. The van der Waals surface area contributed by atoms with Crippen LogP contribution in [0.5, 0.6) is 0 Å². The van der Waals surface area contributed by atoms with Gasteiger partial charge in [-0.05, 0) is 30.3 Å². The molecule has 0 N–H and O–H groups in total. The van der Waals surface area contributed by atoms with Crippen LogP contribution >= 0.6 is 23.2 Å². The molecule has 2 rings (SSSR count). The van der Waals surface area contributed by atoms with Crippen LogP contribution < -0.4 is 4.90 Å². The zero-order valence-corrected chi connectivity index (χ0v) is 11.6. The molecule has 0 spiro atoms. The quantitative estimate of drug-likeness (QED) is 0.760. The van der Waals surface area contributed by atoms with Crippen LogP contribution in [0.2, 0.25) is 10.0 Å². The summed E-state index contributed by atoms with van der Waals surface area (Å²) in [5.41, 5.74) is 2.42. The summed E-state index contributed by atoms with van der Waals surface area (Å²) in [6.45, 7) is 0. The van der Waals surface area contributed by atoms with E-state index in [4.69, 9.17) is 23.2 Å². The van der Waals surface area contributed by atoms with Gasteiger partial charge in [-0.15, -0.1) is 0 Å². The lowest BCUT2D eigenvalue weighted by atomic mass is 10.0. The van der Waals surface area contributed by atoms with E-state index in [-0.39, 0.29) is 5.82 Å². The fourth-order valence-corrected chi connectivity index (χ4v) is 2.33. The lowest BCUT2D eigenvalue weighted by Crippen LogP contribution is -2.10. The van der Waals surface area contributed by atoms with Crippen LogP contribution in [0.4, 0.5) is 10.1 Å². The van der Waals surface area contributed by atoms with Crippen LogP contribution in [0.1, 0.15) is 0 Å². The third-order valence-electron chi connectivity index (χ3n) is 2.66. The van der Waals surface area contributed by atoms with Gasteiger partial charge < -0.3 is 4.90 Å². The second-order valence-electron chi connectivity index (χ2n) is 4.18. The maximum Gasteiger partial charge on any atom is 0.123 e. The molecule has 0 unspecified atom stereocenters. The summed E-state index contributed by atoms with van der Waals surface area (Å²) < 4.78 is 13.4. The molecule has 0 amide bonds. The molecule has 1 nitrogen and oxygen atoms in total. The first-order valence-electron chi connectivity index (χ1n) is 5.41. The van der Waals surface area contributed by atoms with Gasteiger partial charge in [-0.2, -0.15) is 0 Å². The minimum atomic E-state index is -0.290. The number of anilines is 1. The van der Waals surface area contributed by atoms with Gasteiger partial charge in [0.1, 0.15) is 5.82 Å². The average molecular weight is 284 g/mol. The Morgan fingerprint density at radius 2 is 1.67 bits per heavy atom. The van der Waals surface area contributed by atoms with Gasteiger partial charge in [0.05, 0.1) is 0 Å². The highest BCUT2D eigenvalue weighted by Crippen LogP contribution is 2.36. The van der Waals surface area contributed by atoms with Gasteiger partial charge in [0, 0.05) is 41.0 Å². The standard InChI is InChI=1S/C14H12Cl2FN/c1-18(2)14-6-4-10(17)8-12(14)11-5-3-9(15)7-13(11)16/h3-8H,1-2H3. The van der Waals surface area contributed by atoms with E-state index >= 15 is 0 Å². The van der Waals surface area contributed by atoms with E-state index in [0.717, 1.165) is 16.8 Å². The van der Waals surface area contributed by atoms with E-state index in [1.807, 2.05) is 19.0 Å². The van der Waals surface area contributed by atoms with Gasteiger partial charge in [-0.3, -0.25) is 0 Å². The zero-order chi connectivity index (χ0) is 13.3. The summed E-state index contributed by atoms with van der Waals surface area (Å²) >= 11 is 12.0. The topological polar surface area (TPSA) is 3.24 Å². The Hall–Kier alpha value is -1.25. The first kappa shape index (κ1) is 13.2. The summed E-state index contributed by atoms with van der Waals surface area (Å²) in [4.78, 5) is 1.92. The van der Waals surface area contributed by atoms with Gasteiger partial charge >= 0.3 is 0 Å². The number of hydrogen-bond acceptors (Lipinski definition) is 1. The van der Waals surface area contributed by atoms with Gasteiger partial charge in [-0.25, -0.2) is 4.39 Å². The fraction of sp³-hybridized carbons (Fsp3) is 0.143. The Labute approximate surface area is 116 Å². The Bertz CT molecular complexity index is 582. The summed E-state index contributed by atoms with van der Waals surface area (Å²) in [6.07, 6.45) is 0. The first-order valence-corrected chi connectivity index (χ1v) is 6.17. The second-order valence-corrected chi connectivity index (χ2v) is 5.02. The molecular weight excluding hydrogens is 272 g/mol. The van der Waals surface area contributed by atoms with Gasteiger partial charge in [0.2, 0.25) is 0 Å². The molecule has 0 bridgehead atoms. The Kier molecular flexibility index (Phi) is 3.79. The molecule has 0 aliphatic heterocycles. The lowest BCUT2D eigenvalue weighted by Gasteiger charge is -2.18. The van der Waals surface area contributed by atoms with E-state index in [1.54, 1.807) is 24.3 Å². The minimum absolute atomic E-state index is 0.290. The van der Waals surface area contributed by atoms with Crippen LogP contribution in [0.25, 0.3) is 11.1 Å². The molecule has 0 atom stereocenters. The van der Waals surface area contributed by atoms with E-state index in [2.05, 4.69) is 0 Å². The SMILES string of the molecule is CN(C)c1ccc(F)cc1-c1ccc(Cl)cc1Cl. The molecule has 94 valence electrons. The third-order valence-corrected chi connectivity index (χ3v) is 3.21. The molecule has 0 radical (unpaired) electrons. The van der Waals surface area contributed by atoms with Crippen molar-refractivity contribution in [2.24, 2.45) is 0 Å². The third kappa shape index (κ3) is 2.60. The van der Waals surface area contributed by atoms with Crippen LogP contribution in [-0.2, 0) is 0 Å². The smallest absolute Gasteiger partial charge is 0.123 e. The van der Waals surface area contributed by atoms with Crippen LogP contribution in [-0.4, -0.2) is 14.1 Å². The molecule has 0 aliphatic carbocycles. The fourth-order valence-electron chi connectivity index (χ4n) is 1.82. The van der Waals surface area contributed by atoms with E-state index < -0.39 is 0 Å². The van der Waals surface area contributed by atoms with Gasteiger partial charge in [-0.1, -0.05) is 29.3 Å². The van der Waals surface area contributed by atoms with E-state index in [1.165, 1.54) is 12.1 Å². The minimum Gasteiger partial charge on any atom is -0.377 e. The normalized spacial score (nSPS) is 10.5. The van der Waals surface area contributed by atoms with Gasteiger partial charge in [0.25, 0.3) is 0 Å². The van der Waals surface area contributed by atoms with Crippen molar-refractivity contribution in [1.29, 1.82) is 0 Å². The highest BCUT2D eigenvalue weighted by molar-refractivity contribution is 6.36. The second kappa shape index (κ2) is 5.17.